The number of hydrogen-bond donors (Lipinski definition) is 0. The molecule has 0 atom stereocenters. The summed E-state index contributed by atoms with van der Waals surface area (Å²) < 4.78 is 23.4. The zero-order chi connectivity index (χ0) is 14.4. The van der Waals surface area contributed by atoms with Crippen LogP contribution in [-0.2, 0) is 9.84 Å². The average molecular weight is 313 g/mol. The molecule has 1 fully saturated rings. The molecule has 1 heterocycles. The smallest absolute Gasteiger partial charge is 0.176 e. The largest absolute Gasteiger partial charge is 0.303 e. The van der Waals surface area contributed by atoms with Gasteiger partial charge in [-0.15, -0.1) is 11.8 Å². The van der Waals surface area contributed by atoms with Gasteiger partial charge in [0.15, 0.2) is 9.84 Å². The van der Waals surface area contributed by atoms with Crippen molar-refractivity contribution in [3.05, 3.63) is 24.3 Å². The molecule has 0 amide bonds. The molecule has 0 aliphatic carbocycles. The SMILES string of the molecule is CS(=O)(=O)c1ccccc1SCCCN1CCCCC1. The molecule has 2 rings (SSSR count). The van der Waals surface area contributed by atoms with Gasteiger partial charge in [-0.25, -0.2) is 8.42 Å². The standard InChI is InChI=1S/C15H23NO2S2/c1-20(17,18)15-9-4-3-8-14(15)19-13-7-12-16-10-5-2-6-11-16/h3-4,8-9H,2,5-7,10-13H2,1H3. The Labute approximate surface area is 126 Å². The van der Waals surface area contributed by atoms with Crippen LogP contribution in [-0.4, -0.2) is 45.0 Å². The molecule has 1 aromatic rings. The van der Waals surface area contributed by atoms with Crippen LogP contribution in [0.4, 0.5) is 0 Å². The summed E-state index contributed by atoms with van der Waals surface area (Å²) in [5, 5.41) is 0. The lowest BCUT2D eigenvalue weighted by Crippen LogP contribution is -2.30. The number of nitrogens with zero attached hydrogens (tertiary/aromatic N) is 1. The van der Waals surface area contributed by atoms with E-state index < -0.39 is 9.84 Å². The maximum atomic E-state index is 11.7. The summed E-state index contributed by atoms with van der Waals surface area (Å²) in [6, 6.07) is 7.29. The summed E-state index contributed by atoms with van der Waals surface area (Å²) in [7, 11) is -3.12. The minimum atomic E-state index is -3.12. The first kappa shape index (κ1) is 15.9. The number of piperidine rings is 1. The van der Waals surface area contributed by atoms with E-state index in [2.05, 4.69) is 4.90 Å². The highest BCUT2D eigenvalue weighted by molar-refractivity contribution is 8.00. The van der Waals surface area contributed by atoms with Crippen molar-refractivity contribution < 1.29 is 8.42 Å². The van der Waals surface area contributed by atoms with E-state index in [0.29, 0.717) is 4.90 Å². The van der Waals surface area contributed by atoms with Crippen molar-refractivity contribution >= 4 is 21.6 Å². The van der Waals surface area contributed by atoms with Crippen LogP contribution >= 0.6 is 11.8 Å². The summed E-state index contributed by atoms with van der Waals surface area (Å²) in [5.41, 5.74) is 0. The minimum Gasteiger partial charge on any atom is -0.303 e. The quantitative estimate of drug-likeness (QED) is 0.597. The van der Waals surface area contributed by atoms with E-state index in [9.17, 15) is 8.42 Å². The molecule has 0 saturated carbocycles. The van der Waals surface area contributed by atoms with Crippen molar-refractivity contribution in [3.63, 3.8) is 0 Å². The number of benzene rings is 1. The zero-order valence-corrected chi connectivity index (χ0v) is 13.7. The molecule has 1 aliphatic heterocycles. The molecular formula is C15H23NO2S2. The number of hydrogen-bond acceptors (Lipinski definition) is 4. The van der Waals surface area contributed by atoms with Crippen molar-refractivity contribution in [1.29, 1.82) is 0 Å². The third-order valence-corrected chi connectivity index (χ3v) is 6.02. The lowest BCUT2D eigenvalue weighted by atomic mass is 10.1. The van der Waals surface area contributed by atoms with Gasteiger partial charge in [-0.3, -0.25) is 0 Å². The van der Waals surface area contributed by atoms with Crippen molar-refractivity contribution in [3.8, 4) is 0 Å². The van der Waals surface area contributed by atoms with Crippen LogP contribution in [0.15, 0.2) is 34.1 Å². The maximum absolute atomic E-state index is 11.7. The van der Waals surface area contributed by atoms with E-state index in [0.717, 1.165) is 23.6 Å². The summed E-state index contributed by atoms with van der Waals surface area (Å²) in [4.78, 5) is 3.86. The fraction of sp³-hybridized carbons (Fsp3) is 0.600. The van der Waals surface area contributed by atoms with Gasteiger partial charge in [0.1, 0.15) is 0 Å². The molecule has 1 aliphatic rings. The van der Waals surface area contributed by atoms with Gasteiger partial charge >= 0.3 is 0 Å². The second kappa shape index (κ2) is 7.48. The molecule has 0 unspecified atom stereocenters. The first-order chi connectivity index (χ1) is 9.57. The number of sulfone groups is 1. The highest BCUT2D eigenvalue weighted by Crippen LogP contribution is 2.26. The Morgan fingerprint density at radius 1 is 1.15 bits per heavy atom. The second-order valence-corrected chi connectivity index (χ2v) is 8.44. The van der Waals surface area contributed by atoms with E-state index in [4.69, 9.17) is 0 Å². The molecule has 0 aromatic heterocycles. The van der Waals surface area contributed by atoms with E-state index in [1.54, 1.807) is 23.9 Å². The van der Waals surface area contributed by atoms with Gasteiger partial charge in [-0.05, 0) is 56.8 Å². The Kier molecular flexibility index (Phi) is 5.93. The molecule has 0 bridgehead atoms. The molecular weight excluding hydrogens is 290 g/mol. The van der Waals surface area contributed by atoms with Crippen molar-refractivity contribution in [2.75, 3.05) is 31.6 Å². The second-order valence-electron chi connectivity index (χ2n) is 5.32. The molecule has 0 N–H and O–H groups in total. The Morgan fingerprint density at radius 3 is 2.55 bits per heavy atom. The average Bonchev–Trinajstić information content (AvgIpc) is 2.44. The van der Waals surface area contributed by atoms with Crippen LogP contribution in [0.3, 0.4) is 0 Å². The van der Waals surface area contributed by atoms with Gasteiger partial charge in [0.25, 0.3) is 0 Å². The minimum absolute atomic E-state index is 0.461. The van der Waals surface area contributed by atoms with Crippen LogP contribution in [0, 0.1) is 0 Å². The number of likely N-dealkylation sites (tertiary alicyclic amines) is 1. The number of thioether (sulfide) groups is 1. The molecule has 5 heteroatoms. The van der Waals surface area contributed by atoms with Crippen LogP contribution in [0.1, 0.15) is 25.7 Å². The summed E-state index contributed by atoms with van der Waals surface area (Å²) in [6.07, 6.45) is 6.41. The molecule has 1 saturated heterocycles. The Morgan fingerprint density at radius 2 is 1.85 bits per heavy atom. The highest BCUT2D eigenvalue weighted by Gasteiger charge is 2.13. The van der Waals surface area contributed by atoms with Crippen molar-refractivity contribution in [1.82, 2.24) is 4.90 Å². The Bertz CT molecular complexity index is 522. The van der Waals surface area contributed by atoms with Gasteiger partial charge < -0.3 is 4.90 Å². The zero-order valence-electron chi connectivity index (χ0n) is 12.0. The summed E-state index contributed by atoms with van der Waals surface area (Å²) in [6.45, 7) is 3.59. The van der Waals surface area contributed by atoms with Gasteiger partial charge in [0, 0.05) is 11.2 Å². The highest BCUT2D eigenvalue weighted by atomic mass is 32.2. The van der Waals surface area contributed by atoms with E-state index in [1.807, 2.05) is 12.1 Å². The fourth-order valence-electron chi connectivity index (χ4n) is 2.53. The maximum Gasteiger partial charge on any atom is 0.176 e. The molecule has 3 nitrogen and oxygen atoms in total. The normalized spacial score (nSPS) is 17.2. The lowest BCUT2D eigenvalue weighted by molar-refractivity contribution is 0.230. The first-order valence-electron chi connectivity index (χ1n) is 7.21. The summed E-state index contributed by atoms with van der Waals surface area (Å²) >= 11 is 1.66. The third kappa shape index (κ3) is 4.79. The molecule has 112 valence electrons. The Hall–Kier alpha value is -0.520. The van der Waals surface area contributed by atoms with Gasteiger partial charge in [0.05, 0.1) is 4.90 Å². The molecule has 20 heavy (non-hydrogen) atoms. The third-order valence-electron chi connectivity index (χ3n) is 3.57. The van der Waals surface area contributed by atoms with Gasteiger partial charge in [-0.2, -0.15) is 0 Å². The Balaban J connectivity index is 1.82. The van der Waals surface area contributed by atoms with Crippen LogP contribution < -0.4 is 0 Å². The molecule has 0 radical (unpaired) electrons. The van der Waals surface area contributed by atoms with Crippen molar-refractivity contribution in [2.45, 2.75) is 35.5 Å². The summed E-state index contributed by atoms with van der Waals surface area (Å²) in [5.74, 6) is 0.975. The van der Waals surface area contributed by atoms with E-state index in [-0.39, 0.29) is 0 Å². The van der Waals surface area contributed by atoms with E-state index >= 15 is 0 Å². The van der Waals surface area contributed by atoms with Gasteiger partial charge in [-0.1, -0.05) is 18.6 Å². The first-order valence-corrected chi connectivity index (χ1v) is 10.1. The van der Waals surface area contributed by atoms with Gasteiger partial charge in [0.2, 0.25) is 0 Å². The lowest BCUT2D eigenvalue weighted by Gasteiger charge is -2.26. The van der Waals surface area contributed by atoms with Crippen molar-refractivity contribution in [2.24, 2.45) is 0 Å². The monoisotopic (exact) mass is 313 g/mol. The van der Waals surface area contributed by atoms with Crippen LogP contribution in [0.5, 0.6) is 0 Å². The molecule has 0 spiro atoms. The fourth-order valence-corrected chi connectivity index (χ4v) is 4.80. The predicted octanol–water partition coefficient (Wildman–Crippen LogP) is 3.06. The molecule has 1 aromatic carbocycles. The topological polar surface area (TPSA) is 37.4 Å². The van der Waals surface area contributed by atoms with Crippen LogP contribution in [0.25, 0.3) is 0 Å². The van der Waals surface area contributed by atoms with E-state index in [1.165, 1.54) is 38.6 Å². The number of rotatable bonds is 6. The predicted molar refractivity (Wildman–Crippen MR) is 85.2 cm³/mol. The van der Waals surface area contributed by atoms with Crippen LogP contribution in [0.2, 0.25) is 0 Å².